The first-order valence-corrected chi connectivity index (χ1v) is 6.21. The second-order valence-electron chi connectivity index (χ2n) is 5.04. The van der Waals surface area contributed by atoms with Gasteiger partial charge in [0, 0.05) is 24.8 Å². The van der Waals surface area contributed by atoms with E-state index >= 15 is 0 Å². The van der Waals surface area contributed by atoms with Crippen molar-refractivity contribution in [3.05, 3.63) is 29.8 Å². The molecule has 0 radical (unpaired) electrons. The molecule has 1 amide bonds. The number of nitrogens with two attached hydrogens (primary N) is 1. The zero-order chi connectivity index (χ0) is 14.3. The Morgan fingerprint density at radius 1 is 1.26 bits per heavy atom. The third-order valence-corrected chi connectivity index (χ3v) is 2.38. The maximum absolute atomic E-state index is 11.8. The summed E-state index contributed by atoms with van der Waals surface area (Å²) < 4.78 is 10.3. The molecule has 0 aliphatic rings. The van der Waals surface area contributed by atoms with Crippen LogP contribution in [0.25, 0.3) is 0 Å². The number of amides is 1. The van der Waals surface area contributed by atoms with Crippen LogP contribution in [0.2, 0.25) is 0 Å². The molecule has 106 valence electrons. The van der Waals surface area contributed by atoms with Crippen LogP contribution in [0.4, 0.5) is 0 Å². The summed E-state index contributed by atoms with van der Waals surface area (Å²) in [6, 6.07) is 6.97. The van der Waals surface area contributed by atoms with Crippen molar-refractivity contribution in [3.8, 4) is 5.75 Å². The first-order valence-electron chi connectivity index (χ1n) is 6.21. The molecule has 5 nitrogen and oxygen atoms in total. The van der Waals surface area contributed by atoms with Crippen LogP contribution in [0.3, 0.4) is 0 Å². The molecule has 3 N–H and O–H groups in total. The van der Waals surface area contributed by atoms with Gasteiger partial charge in [0.2, 0.25) is 0 Å². The van der Waals surface area contributed by atoms with Crippen molar-refractivity contribution in [2.75, 3.05) is 26.9 Å². The molecular weight excluding hydrogens is 244 g/mol. The Morgan fingerprint density at radius 2 is 1.89 bits per heavy atom. The lowest BCUT2D eigenvalue weighted by Crippen LogP contribution is -2.45. The third kappa shape index (κ3) is 6.22. The predicted octanol–water partition coefficient (Wildman–Crippen LogP) is 1.18. The topological polar surface area (TPSA) is 73.6 Å². The Morgan fingerprint density at radius 3 is 2.42 bits per heavy atom. The highest BCUT2D eigenvalue weighted by atomic mass is 16.5. The summed E-state index contributed by atoms with van der Waals surface area (Å²) in [5.41, 5.74) is 5.98. The molecule has 0 saturated heterocycles. The normalized spacial score (nSPS) is 11.2. The number of rotatable bonds is 7. The van der Waals surface area contributed by atoms with Gasteiger partial charge >= 0.3 is 0 Å². The van der Waals surface area contributed by atoms with E-state index in [1.165, 1.54) is 0 Å². The molecular formula is C14H22N2O3. The number of ether oxygens (including phenoxy) is 2. The van der Waals surface area contributed by atoms with E-state index in [1.807, 2.05) is 13.8 Å². The van der Waals surface area contributed by atoms with Crippen molar-refractivity contribution in [2.45, 2.75) is 19.4 Å². The Labute approximate surface area is 114 Å². The fourth-order valence-electron chi connectivity index (χ4n) is 1.36. The maximum atomic E-state index is 11.8. The van der Waals surface area contributed by atoms with E-state index < -0.39 is 5.54 Å². The highest BCUT2D eigenvalue weighted by Crippen LogP contribution is 2.12. The van der Waals surface area contributed by atoms with E-state index in [1.54, 1.807) is 31.4 Å². The summed E-state index contributed by atoms with van der Waals surface area (Å²) in [6.07, 6.45) is 0. The number of carbonyl (C=O) groups is 1. The van der Waals surface area contributed by atoms with Gasteiger partial charge < -0.3 is 20.5 Å². The van der Waals surface area contributed by atoms with E-state index in [2.05, 4.69) is 5.32 Å². The van der Waals surface area contributed by atoms with E-state index in [0.717, 1.165) is 0 Å². The molecule has 0 unspecified atom stereocenters. The number of nitrogens with one attached hydrogen (secondary N) is 1. The van der Waals surface area contributed by atoms with Crippen LogP contribution in [0, 0.1) is 0 Å². The van der Waals surface area contributed by atoms with E-state index in [4.69, 9.17) is 15.2 Å². The third-order valence-electron chi connectivity index (χ3n) is 2.38. The molecule has 0 bridgehead atoms. The number of hydrogen-bond donors (Lipinski definition) is 2. The van der Waals surface area contributed by atoms with Gasteiger partial charge in [0.15, 0.2) is 0 Å². The molecule has 1 aromatic rings. The van der Waals surface area contributed by atoms with Crippen LogP contribution in [-0.4, -0.2) is 38.3 Å². The molecule has 0 atom stereocenters. The molecule has 5 heteroatoms. The first-order chi connectivity index (χ1) is 8.92. The van der Waals surface area contributed by atoms with Gasteiger partial charge in [0.1, 0.15) is 12.4 Å². The fourth-order valence-corrected chi connectivity index (χ4v) is 1.36. The molecule has 0 aromatic heterocycles. The van der Waals surface area contributed by atoms with Crippen LogP contribution in [0.5, 0.6) is 5.75 Å². The number of carbonyl (C=O) groups excluding carboxylic acids is 1. The summed E-state index contributed by atoms with van der Waals surface area (Å²) in [6.45, 7) is 5.18. The van der Waals surface area contributed by atoms with Crippen molar-refractivity contribution in [3.63, 3.8) is 0 Å². The maximum Gasteiger partial charge on any atom is 0.251 e. The highest BCUT2D eigenvalue weighted by molar-refractivity contribution is 5.94. The first kappa shape index (κ1) is 15.5. The van der Waals surface area contributed by atoms with E-state index in [-0.39, 0.29) is 5.91 Å². The van der Waals surface area contributed by atoms with E-state index in [0.29, 0.717) is 31.1 Å². The van der Waals surface area contributed by atoms with Gasteiger partial charge in [-0.05, 0) is 38.1 Å². The number of benzene rings is 1. The zero-order valence-corrected chi connectivity index (χ0v) is 11.7. The Balaban J connectivity index is 2.48. The Hall–Kier alpha value is -1.59. The number of hydrogen-bond acceptors (Lipinski definition) is 4. The molecule has 1 aromatic carbocycles. The lowest BCUT2D eigenvalue weighted by molar-refractivity contribution is 0.0946. The monoisotopic (exact) mass is 266 g/mol. The van der Waals surface area contributed by atoms with Crippen LogP contribution in [0.1, 0.15) is 24.2 Å². The fraction of sp³-hybridized carbons (Fsp3) is 0.500. The van der Waals surface area contributed by atoms with Gasteiger partial charge in [-0.1, -0.05) is 0 Å². The van der Waals surface area contributed by atoms with Gasteiger partial charge in [0.25, 0.3) is 5.91 Å². The van der Waals surface area contributed by atoms with Gasteiger partial charge in [0.05, 0.1) is 6.61 Å². The quantitative estimate of drug-likeness (QED) is 0.727. The van der Waals surface area contributed by atoms with Crippen molar-refractivity contribution >= 4 is 5.91 Å². The molecule has 0 aliphatic heterocycles. The minimum atomic E-state index is -0.418. The highest BCUT2D eigenvalue weighted by Gasteiger charge is 2.13. The molecule has 0 spiro atoms. The molecule has 0 fully saturated rings. The zero-order valence-electron chi connectivity index (χ0n) is 11.7. The van der Waals surface area contributed by atoms with Crippen molar-refractivity contribution in [1.82, 2.24) is 5.32 Å². The van der Waals surface area contributed by atoms with E-state index in [9.17, 15) is 4.79 Å². The number of methoxy groups -OCH3 is 1. The van der Waals surface area contributed by atoms with Crippen LogP contribution < -0.4 is 15.8 Å². The largest absolute Gasteiger partial charge is 0.491 e. The van der Waals surface area contributed by atoms with Gasteiger partial charge in [-0.2, -0.15) is 0 Å². The SMILES string of the molecule is COCCOc1ccc(C(=O)NCC(C)(C)N)cc1. The predicted molar refractivity (Wildman–Crippen MR) is 74.4 cm³/mol. The van der Waals surface area contributed by atoms with Crippen LogP contribution in [0.15, 0.2) is 24.3 Å². The van der Waals surface area contributed by atoms with Crippen LogP contribution in [-0.2, 0) is 4.74 Å². The minimum absolute atomic E-state index is 0.137. The Bertz CT molecular complexity index is 396. The summed E-state index contributed by atoms with van der Waals surface area (Å²) in [7, 11) is 1.62. The molecule has 1 rings (SSSR count). The second-order valence-corrected chi connectivity index (χ2v) is 5.04. The molecule has 19 heavy (non-hydrogen) atoms. The van der Waals surface area contributed by atoms with Crippen molar-refractivity contribution in [2.24, 2.45) is 5.73 Å². The summed E-state index contributed by atoms with van der Waals surface area (Å²) >= 11 is 0. The summed E-state index contributed by atoms with van der Waals surface area (Å²) in [5, 5.41) is 2.79. The average Bonchev–Trinajstić information content (AvgIpc) is 2.36. The Kier molecular flexibility index (Phi) is 5.79. The van der Waals surface area contributed by atoms with Gasteiger partial charge in [-0.25, -0.2) is 0 Å². The van der Waals surface area contributed by atoms with Gasteiger partial charge in [-0.15, -0.1) is 0 Å². The average molecular weight is 266 g/mol. The van der Waals surface area contributed by atoms with Crippen molar-refractivity contribution < 1.29 is 14.3 Å². The standard InChI is InChI=1S/C14H22N2O3/c1-14(2,15)10-16-13(17)11-4-6-12(7-5-11)19-9-8-18-3/h4-7H,8-10,15H2,1-3H3,(H,16,17). The van der Waals surface area contributed by atoms with Crippen molar-refractivity contribution in [1.29, 1.82) is 0 Å². The molecule has 0 saturated carbocycles. The molecule has 0 heterocycles. The summed E-state index contributed by atoms with van der Waals surface area (Å²) in [4.78, 5) is 11.8. The lowest BCUT2D eigenvalue weighted by atomic mass is 10.1. The van der Waals surface area contributed by atoms with Crippen LogP contribution >= 0.6 is 0 Å². The smallest absolute Gasteiger partial charge is 0.251 e. The second kappa shape index (κ2) is 7.11. The lowest BCUT2D eigenvalue weighted by Gasteiger charge is -2.18. The molecule has 0 aliphatic carbocycles. The minimum Gasteiger partial charge on any atom is -0.491 e. The van der Waals surface area contributed by atoms with Gasteiger partial charge in [-0.3, -0.25) is 4.79 Å². The summed E-state index contributed by atoms with van der Waals surface area (Å²) in [5.74, 6) is 0.578.